The molecule has 1 aromatic rings. The minimum atomic E-state index is 0.336. The minimum Gasteiger partial charge on any atom is -0.468 e. The Morgan fingerprint density at radius 1 is 1.64 bits per heavy atom. The third-order valence-corrected chi connectivity index (χ3v) is 2.19. The zero-order valence-corrected chi connectivity index (χ0v) is 8.83. The molecule has 1 unspecified atom stereocenters. The van der Waals surface area contributed by atoms with Crippen molar-refractivity contribution in [2.75, 3.05) is 6.54 Å². The number of nitrogens with one attached hydrogen (secondary N) is 1. The molecule has 2 heteroatoms. The summed E-state index contributed by atoms with van der Waals surface area (Å²) in [5, 5.41) is 3.47. The molecule has 0 aromatic carbocycles. The minimum absolute atomic E-state index is 0.336. The Labute approximate surface area is 86.0 Å². The highest BCUT2D eigenvalue weighted by Crippen LogP contribution is 2.18. The van der Waals surface area contributed by atoms with E-state index in [2.05, 4.69) is 18.8 Å². The maximum atomic E-state index is 5.39. The second-order valence-corrected chi connectivity index (χ2v) is 3.39. The first-order valence-corrected chi connectivity index (χ1v) is 5.26. The number of allylic oxidation sites excluding steroid dienone is 1. The Hall–Kier alpha value is -1.02. The Morgan fingerprint density at radius 2 is 2.50 bits per heavy atom. The van der Waals surface area contributed by atoms with Gasteiger partial charge in [0.1, 0.15) is 5.76 Å². The van der Waals surface area contributed by atoms with Gasteiger partial charge in [0.25, 0.3) is 0 Å². The molecular weight excluding hydrogens is 174 g/mol. The van der Waals surface area contributed by atoms with Gasteiger partial charge in [0, 0.05) is 0 Å². The quantitative estimate of drug-likeness (QED) is 0.672. The third-order valence-electron chi connectivity index (χ3n) is 2.19. The van der Waals surface area contributed by atoms with Gasteiger partial charge in [0.05, 0.1) is 12.3 Å². The van der Waals surface area contributed by atoms with E-state index in [1.54, 1.807) is 6.26 Å². The fraction of sp³-hybridized carbons (Fsp3) is 0.500. The summed E-state index contributed by atoms with van der Waals surface area (Å²) in [7, 11) is 0. The van der Waals surface area contributed by atoms with Crippen molar-refractivity contribution < 1.29 is 4.42 Å². The van der Waals surface area contributed by atoms with E-state index in [1.165, 1.54) is 0 Å². The van der Waals surface area contributed by atoms with Crippen LogP contribution in [0.25, 0.3) is 0 Å². The van der Waals surface area contributed by atoms with Crippen LogP contribution >= 0.6 is 0 Å². The Morgan fingerprint density at radius 3 is 3.07 bits per heavy atom. The fourth-order valence-corrected chi connectivity index (χ4v) is 1.44. The second-order valence-electron chi connectivity index (χ2n) is 3.39. The molecule has 1 aromatic heterocycles. The maximum absolute atomic E-state index is 5.39. The van der Waals surface area contributed by atoms with E-state index in [0.717, 1.165) is 31.6 Å². The second kappa shape index (κ2) is 6.44. The van der Waals surface area contributed by atoms with Crippen molar-refractivity contribution in [1.29, 1.82) is 0 Å². The number of furan rings is 1. The standard InChI is InChI=1S/C12H19NO/c1-3-5-7-11(13-9-4-2)12-8-6-10-14-12/h3,6,8,10-11,13H,1,4-5,7,9H2,2H3. The molecule has 0 saturated carbocycles. The van der Waals surface area contributed by atoms with Gasteiger partial charge in [-0.2, -0.15) is 0 Å². The summed E-state index contributed by atoms with van der Waals surface area (Å²) >= 11 is 0. The lowest BCUT2D eigenvalue weighted by atomic mass is 10.1. The van der Waals surface area contributed by atoms with Crippen LogP contribution in [0.5, 0.6) is 0 Å². The van der Waals surface area contributed by atoms with Gasteiger partial charge >= 0.3 is 0 Å². The molecule has 0 spiro atoms. The van der Waals surface area contributed by atoms with Crippen LogP contribution in [0.4, 0.5) is 0 Å². The van der Waals surface area contributed by atoms with Crippen molar-refractivity contribution in [3.8, 4) is 0 Å². The molecule has 0 fully saturated rings. The van der Waals surface area contributed by atoms with Crippen molar-refractivity contribution in [2.24, 2.45) is 0 Å². The predicted molar refractivity (Wildman–Crippen MR) is 59.2 cm³/mol. The van der Waals surface area contributed by atoms with Crippen LogP contribution in [0.3, 0.4) is 0 Å². The molecule has 0 amide bonds. The Balaban J connectivity index is 2.48. The van der Waals surface area contributed by atoms with Crippen LogP contribution in [0.15, 0.2) is 35.5 Å². The highest BCUT2D eigenvalue weighted by atomic mass is 16.3. The molecule has 0 saturated heterocycles. The molecule has 14 heavy (non-hydrogen) atoms. The monoisotopic (exact) mass is 193 g/mol. The van der Waals surface area contributed by atoms with Crippen molar-refractivity contribution >= 4 is 0 Å². The first kappa shape index (κ1) is 11.1. The normalized spacial score (nSPS) is 12.6. The summed E-state index contributed by atoms with van der Waals surface area (Å²) in [4.78, 5) is 0. The van der Waals surface area contributed by atoms with Crippen molar-refractivity contribution in [3.63, 3.8) is 0 Å². The van der Waals surface area contributed by atoms with Gasteiger partial charge in [0.15, 0.2) is 0 Å². The molecule has 1 atom stereocenters. The average Bonchev–Trinajstić information content (AvgIpc) is 2.71. The van der Waals surface area contributed by atoms with Gasteiger partial charge in [0.2, 0.25) is 0 Å². The molecule has 78 valence electrons. The molecule has 1 heterocycles. The highest BCUT2D eigenvalue weighted by Gasteiger charge is 2.11. The van der Waals surface area contributed by atoms with E-state index >= 15 is 0 Å². The Kier molecular flexibility index (Phi) is 5.08. The summed E-state index contributed by atoms with van der Waals surface area (Å²) in [6.07, 6.45) is 6.89. The van der Waals surface area contributed by atoms with Gasteiger partial charge in [-0.25, -0.2) is 0 Å². The van der Waals surface area contributed by atoms with E-state index in [9.17, 15) is 0 Å². The molecule has 0 aliphatic carbocycles. The summed E-state index contributed by atoms with van der Waals surface area (Å²) in [6.45, 7) is 6.93. The van der Waals surface area contributed by atoms with E-state index in [1.807, 2.05) is 18.2 Å². The van der Waals surface area contributed by atoms with Crippen LogP contribution in [-0.2, 0) is 0 Å². The molecule has 1 N–H and O–H groups in total. The van der Waals surface area contributed by atoms with Crippen LogP contribution in [-0.4, -0.2) is 6.54 Å². The first-order valence-electron chi connectivity index (χ1n) is 5.26. The van der Waals surface area contributed by atoms with Gasteiger partial charge in [-0.05, 0) is 37.9 Å². The van der Waals surface area contributed by atoms with Crippen LogP contribution in [0, 0.1) is 0 Å². The Bertz CT molecular complexity index is 241. The zero-order chi connectivity index (χ0) is 10.2. The maximum Gasteiger partial charge on any atom is 0.120 e. The fourth-order valence-electron chi connectivity index (χ4n) is 1.44. The molecule has 0 bridgehead atoms. The van der Waals surface area contributed by atoms with E-state index in [0.29, 0.717) is 6.04 Å². The van der Waals surface area contributed by atoms with Crippen LogP contribution in [0.2, 0.25) is 0 Å². The molecule has 0 aliphatic heterocycles. The highest BCUT2D eigenvalue weighted by molar-refractivity contribution is 5.04. The van der Waals surface area contributed by atoms with E-state index in [-0.39, 0.29) is 0 Å². The van der Waals surface area contributed by atoms with Crippen molar-refractivity contribution in [3.05, 3.63) is 36.8 Å². The number of hydrogen-bond acceptors (Lipinski definition) is 2. The van der Waals surface area contributed by atoms with Crippen LogP contribution in [0.1, 0.15) is 38.0 Å². The third kappa shape index (κ3) is 3.38. The molecular formula is C12H19NO. The smallest absolute Gasteiger partial charge is 0.120 e. The molecule has 0 radical (unpaired) electrons. The van der Waals surface area contributed by atoms with Crippen LogP contribution < -0.4 is 5.32 Å². The topological polar surface area (TPSA) is 25.2 Å². The summed E-state index contributed by atoms with van der Waals surface area (Å²) < 4.78 is 5.39. The van der Waals surface area contributed by atoms with Gasteiger partial charge in [-0.3, -0.25) is 0 Å². The summed E-state index contributed by atoms with van der Waals surface area (Å²) in [6, 6.07) is 4.29. The zero-order valence-electron chi connectivity index (χ0n) is 8.83. The van der Waals surface area contributed by atoms with E-state index < -0.39 is 0 Å². The van der Waals surface area contributed by atoms with Crippen molar-refractivity contribution in [2.45, 2.75) is 32.2 Å². The average molecular weight is 193 g/mol. The summed E-state index contributed by atoms with van der Waals surface area (Å²) in [5.41, 5.74) is 0. The summed E-state index contributed by atoms with van der Waals surface area (Å²) in [5.74, 6) is 1.03. The van der Waals surface area contributed by atoms with Gasteiger partial charge in [-0.1, -0.05) is 13.0 Å². The molecule has 1 rings (SSSR count). The predicted octanol–water partition coefficient (Wildman–Crippen LogP) is 3.29. The largest absolute Gasteiger partial charge is 0.468 e. The SMILES string of the molecule is C=CCCC(NCCC)c1ccco1. The molecule has 0 aliphatic rings. The number of rotatable bonds is 7. The van der Waals surface area contributed by atoms with Gasteiger partial charge < -0.3 is 9.73 Å². The number of hydrogen-bond donors (Lipinski definition) is 1. The molecule has 2 nitrogen and oxygen atoms in total. The first-order chi connectivity index (χ1) is 6.88. The lowest BCUT2D eigenvalue weighted by Crippen LogP contribution is -2.21. The van der Waals surface area contributed by atoms with E-state index in [4.69, 9.17) is 4.42 Å². The van der Waals surface area contributed by atoms with Crippen molar-refractivity contribution in [1.82, 2.24) is 5.32 Å². The lowest BCUT2D eigenvalue weighted by molar-refractivity contribution is 0.397. The lowest BCUT2D eigenvalue weighted by Gasteiger charge is -2.14. The van der Waals surface area contributed by atoms with Gasteiger partial charge in [-0.15, -0.1) is 6.58 Å².